The Morgan fingerprint density at radius 1 is 1.25 bits per heavy atom. The zero-order valence-corrected chi connectivity index (χ0v) is 21.2. The van der Waals surface area contributed by atoms with Gasteiger partial charge in [0.25, 0.3) is 10.1 Å². The summed E-state index contributed by atoms with van der Waals surface area (Å²) < 4.78 is 38.2. The number of aromatic nitrogens is 1. The highest BCUT2D eigenvalue weighted by Crippen LogP contribution is 2.42. The second kappa shape index (κ2) is 11.5. The van der Waals surface area contributed by atoms with Crippen molar-refractivity contribution in [1.82, 2.24) is 20.9 Å². The molecule has 12 nitrogen and oxygen atoms in total. The van der Waals surface area contributed by atoms with Gasteiger partial charge in [0.1, 0.15) is 11.6 Å². The lowest BCUT2D eigenvalue weighted by atomic mass is 9.97. The van der Waals surface area contributed by atoms with Gasteiger partial charge in [0.15, 0.2) is 0 Å². The van der Waals surface area contributed by atoms with E-state index < -0.39 is 51.2 Å². The molecule has 1 aromatic rings. The van der Waals surface area contributed by atoms with Gasteiger partial charge >= 0.3 is 6.09 Å². The summed E-state index contributed by atoms with van der Waals surface area (Å²) in [6.07, 6.45) is 4.78. The van der Waals surface area contributed by atoms with Crippen LogP contribution < -0.4 is 16.0 Å². The summed E-state index contributed by atoms with van der Waals surface area (Å²) in [5.74, 6) is -1.76. The number of aliphatic hydroxyl groups excluding tert-OH is 1. The molecule has 5 N–H and O–H groups in total. The SMILES string of the molecule is CC(C)C[C@H](NC(=O)OC1(Cc2ccncc2)CC1)C(=O)N[C@@H](C[C@@H]1CCNC1=O)C(O)S(=O)(=O)O. The molecule has 1 aliphatic heterocycles. The first-order valence-corrected chi connectivity index (χ1v) is 13.5. The summed E-state index contributed by atoms with van der Waals surface area (Å²) in [5, 5.41) is 17.8. The summed E-state index contributed by atoms with van der Waals surface area (Å²) in [6, 6.07) is 1.11. The molecule has 3 rings (SSSR count). The molecular formula is C23H34N4O8S. The second-order valence-electron chi connectivity index (χ2n) is 9.96. The predicted molar refractivity (Wildman–Crippen MR) is 128 cm³/mol. The van der Waals surface area contributed by atoms with Gasteiger partial charge < -0.3 is 25.8 Å². The van der Waals surface area contributed by atoms with Crippen molar-refractivity contribution in [2.45, 2.75) is 75.5 Å². The van der Waals surface area contributed by atoms with E-state index in [-0.39, 0.29) is 24.7 Å². The number of ether oxygens (including phenoxy) is 1. The first-order chi connectivity index (χ1) is 16.9. The number of carbonyl (C=O) groups excluding carboxylic acids is 3. The van der Waals surface area contributed by atoms with Crippen LogP contribution in [0, 0.1) is 11.8 Å². The third kappa shape index (κ3) is 7.87. The highest BCUT2D eigenvalue weighted by molar-refractivity contribution is 7.86. The van der Waals surface area contributed by atoms with Crippen molar-refractivity contribution in [2.24, 2.45) is 11.8 Å². The number of carbonyl (C=O) groups is 3. The maximum Gasteiger partial charge on any atom is 0.408 e. The van der Waals surface area contributed by atoms with E-state index >= 15 is 0 Å². The fraction of sp³-hybridized carbons (Fsp3) is 0.652. The smallest absolute Gasteiger partial charge is 0.408 e. The van der Waals surface area contributed by atoms with E-state index in [0.29, 0.717) is 32.2 Å². The van der Waals surface area contributed by atoms with E-state index in [1.165, 1.54) is 0 Å². The van der Waals surface area contributed by atoms with Gasteiger partial charge in [0.05, 0.1) is 6.04 Å². The van der Waals surface area contributed by atoms with Crippen LogP contribution in [0.25, 0.3) is 0 Å². The first kappa shape index (κ1) is 27.8. The molecular weight excluding hydrogens is 492 g/mol. The van der Waals surface area contributed by atoms with Crippen LogP contribution in [-0.2, 0) is 30.9 Å². The molecule has 1 aromatic heterocycles. The van der Waals surface area contributed by atoms with Crippen molar-refractivity contribution in [3.63, 3.8) is 0 Å². The lowest BCUT2D eigenvalue weighted by molar-refractivity contribution is -0.126. The summed E-state index contributed by atoms with van der Waals surface area (Å²) in [7, 11) is -4.93. The predicted octanol–water partition coefficient (Wildman–Crippen LogP) is 0.515. The van der Waals surface area contributed by atoms with Crippen molar-refractivity contribution in [3.05, 3.63) is 30.1 Å². The molecule has 13 heteroatoms. The van der Waals surface area contributed by atoms with Crippen LogP contribution in [0.3, 0.4) is 0 Å². The first-order valence-electron chi connectivity index (χ1n) is 12.0. The molecule has 2 heterocycles. The number of alkyl carbamates (subject to hydrolysis) is 1. The van der Waals surface area contributed by atoms with Gasteiger partial charge in [-0.3, -0.25) is 19.1 Å². The molecule has 0 bridgehead atoms. The molecule has 3 amide bonds. The molecule has 1 unspecified atom stereocenters. The van der Waals surface area contributed by atoms with Gasteiger partial charge in [-0.15, -0.1) is 0 Å². The average molecular weight is 527 g/mol. The molecule has 36 heavy (non-hydrogen) atoms. The van der Waals surface area contributed by atoms with Gasteiger partial charge in [-0.2, -0.15) is 8.42 Å². The lowest BCUT2D eigenvalue weighted by Gasteiger charge is -2.28. The zero-order valence-electron chi connectivity index (χ0n) is 20.3. The number of pyridine rings is 1. The summed E-state index contributed by atoms with van der Waals surface area (Å²) in [6.45, 7) is 4.07. The van der Waals surface area contributed by atoms with Crippen molar-refractivity contribution >= 4 is 28.0 Å². The van der Waals surface area contributed by atoms with Crippen LogP contribution in [0.2, 0.25) is 0 Å². The number of amides is 3. The van der Waals surface area contributed by atoms with E-state index in [1.807, 2.05) is 26.0 Å². The number of rotatable bonds is 12. The van der Waals surface area contributed by atoms with Gasteiger partial charge in [0, 0.05) is 31.3 Å². The topological polar surface area (TPSA) is 184 Å². The Kier molecular flexibility index (Phi) is 8.90. The van der Waals surface area contributed by atoms with Crippen LogP contribution in [0.15, 0.2) is 24.5 Å². The Labute approximate surface area is 210 Å². The largest absolute Gasteiger partial charge is 0.443 e. The molecule has 0 spiro atoms. The number of aliphatic hydroxyl groups is 1. The van der Waals surface area contributed by atoms with Crippen molar-refractivity contribution in [3.8, 4) is 0 Å². The van der Waals surface area contributed by atoms with Crippen LogP contribution in [0.5, 0.6) is 0 Å². The number of hydrogen-bond donors (Lipinski definition) is 5. The minimum absolute atomic E-state index is 0.0293. The van der Waals surface area contributed by atoms with Gasteiger partial charge in [-0.25, -0.2) is 4.79 Å². The van der Waals surface area contributed by atoms with Gasteiger partial charge in [0.2, 0.25) is 17.3 Å². The average Bonchev–Trinajstić information content (AvgIpc) is 3.41. The van der Waals surface area contributed by atoms with Gasteiger partial charge in [-0.05, 0) is 55.7 Å². The quantitative estimate of drug-likeness (QED) is 0.242. The maximum absolute atomic E-state index is 13.1. The maximum atomic E-state index is 13.1. The minimum Gasteiger partial charge on any atom is -0.443 e. The highest BCUT2D eigenvalue weighted by Gasteiger charge is 2.47. The molecule has 1 saturated carbocycles. The third-order valence-corrected chi connectivity index (χ3v) is 7.33. The Morgan fingerprint density at radius 3 is 2.44 bits per heavy atom. The Morgan fingerprint density at radius 2 is 1.92 bits per heavy atom. The zero-order chi connectivity index (χ0) is 26.5. The fourth-order valence-electron chi connectivity index (χ4n) is 4.31. The molecule has 4 atom stereocenters. The Bertz CT molecular complexity index is 1050. The summed E-state index contributed by atoms with van der Waals surface area (Å²) in [5.41, 5.74) is -2.04. The normalized spacial score (nSPS) is 21.2. The highest BCUT2D eigenvalue weighted by atomic mass is 32.2. The van der Waals surface area contributed by atoms with E-state index in [4.69, 9.17) is 4.74 Å². The molecule has 0 radical (unpaired) electrons. The van der Waals surface area contributed by atoms with Crippen LogP contribution in [0.1, 0.15) is 51.5 Å². The molecule has 1 saturated heterocycles. The van der Waals surface area contributed by atoms with Crippen LogP contribution in [0.4, 0.5) is 4.79 Å². The molecule has 2 fully saturated rings. The van der Waals surface area contributed by atoms with Crippen molar-refractivity contribution < 1.29 is 37.2 Å². The molecule has 1 aliphatic carbocycles. The third-order valence-electron chi connectivity index (χ3n) is 6.39. The van der Waals surface area contributed by atoms with E-state index in [9.17, 15) is 32.5 Å². The molecule has 0 aromatic carbocycles. The van der Waals surface area contributed by atoms with E-state index in [1.54, 1.807) is 12.4 Å². The summed E-state index contributed by atoms with van der Waals surface area (Å²) >= 11 is 0. The summed E-state index contributed by atoms with van der Waals surface area (Å²) in [4.78, 5) is 41.8. The lowest BCUT2D eigenvalue weighted by Crippen LogP contribution is -2.55. The monoisotopic (exact) mass is 526 g/mol. The second-order valence-corrected chi connectivity index (χ2v) is 11.5. The number of hydrogen-bond acceptors (Lipinski definition) is 8. The van der Waals surface area contributed by atoms with Gasteiger partial charge in [-0.1, -0.05) is 13.8 Å². The van der Waals surface area contributed by atoms with Crippen LogP contribution in [-0.4, -0.2) is 70.6 Å². The molecule has 2 aliphatic rings. The minimum atomic E-state index is -4.93. The standard InChI is InChI=1S/C23H34N4O8S/c1-14(2)11-17(27-22(31)35-23(6-7-23)13-15-3-8-24-9-4-15)20(29)26-18(21(30)36(32,33)34)12-16-5-10-25-19(16)28/h3-4,8-9,14,16-18,21,30H,5-7,10-13H2,1-2H3,(H,25,28)(H,26,29)(H,27,31)(H,32,33,34)/t16-,17-,18-,21?/m0/s1. The van der Waals surface area contributed by atoms with Crippen LogP contribution >= 0.6 is 0 Å². The fourth-order valence-corrected chi connectivity index (χ4v) is 4.91. The Hall–Kier alpha value is -2.77. The number of nitrogens with zero attached hydrogens (tertiary/aromatic N) is 1. The van der Waals surface area contributed by atoms with E-state index in [0.717, 1.165) is 5.56 Å². The van der Waals surface area contributed by atoms with Crippen molar-refractivity contribution in [1.29, 1.82) is 0 Å². The van der Waals surface area contributed by atoms with Crippen molar-refractivity contribution in [2.75, 3.05) is 6.54 Å². The molecule has 200 valence electrons. The number of nitrogens with one attached hydrogen (secondary N) is 3. The van der Waals surface area contributed by atoms with E-state index in [2.05, 4.69) is 20.9 Å². The Balaban J connectivity index is 1.67.